The maximum atomic E-state index is 12.8. The van der Waals surface area contributed by atoms with Crippen LogP contribution in [0.4, 0.5) is 0 Å². The third-order valence-electron chi connectivity index (χ3n) is 4.29. The molecule has 6 nitrogen and oxygen atoms in total. The zero-order chi connectivity index (χ0) is 16.3. The standard InChI is InChI=1S/C16H28N4O2/c1-12(2)7-13(8-17)15(21)20-5-6-22-16(3,11-20)14-9-18-19(4)10-14/h9-10,12-13H,5-8,11,17H2,1-4H3/t13-,16-/m0/s1. The number of hydrogen-bond acceptors (Lipinski definition) is 4. The van der Waals surface area contributed by atoms with Gasteiger partial charge in [0.2, 0.25) is 5.91 Å². The Morgan fingerprint density at radius 1 is 1.55 bits per heavy atom. The van der Waals surface area contributed by atoms with Crippen molar-refractivity contribution in [2.75, 3.05) is 26.2 Å². The van der Waals surface area contributed by atoms with Crippen molar-refractivity contribution >= 4 is 5.91 Å². The third-order valence-corrected chi connectivity index (χ3v) is 4.29. The van der Waals surface area contributed by atoms with E-state index in [1.54, 1.807) is 4.68 Å². The molecule has 1 saturated heterocycles. The average molecular weight is 308 g/mol. The van der Waals surface area contributed by atoms with E-state index in [0.29, 0.717) is 32.2 Å². The maximum absolute atomic E-state index is 12.8. The predicted octanol–water partition coefficient (Wildman–Crippen LogP) is 1.12. The summed E-state index contributed by atoms with van der Waals surface area (Å²) in [5.74, 6) is 0.508. The fraction of sp³-hybridized carbons (Fsp3) is 0.750. The Morgan fingerprint density at radius 2 is 2.27 bits per heavy atom. The number of ether oxygens (including phenoxy) is 1. The molecule has 0 aromatic carbocycles. The summed E-state index contributed by atoms with van der Waals surface area (Å²) in [6, 6.07) is 0. The molecule has 6 heteroatoms. The number of rotatable bonds is 5. The molecule has 2 N–H and O–H groups in total. The van der Waals surface area contributed by atoms with Gasteiger partial charge >= 0.3 is 0 Å². The first-order valence-electron chi connectivity index (χ1n) is 7.97. The van der Waals surface area contributed by atoms with Gasteiger partial charge in [-0.25, -0.2) is 0 Å². The van der Waals surface area contributed by atoms with E-state index in [1.807, 2.05) is 31.3 Å². The first kappa shape index (κ1) is 17.0. The van der Waals surface area contributed by atoms with Gasteiger partial charge in [-0.15, -0.1) is 0 Å². The molecule has 2 heterocycles. The molecular formula is C16H28N4O2. The van der Waals surface area contributed by atoms with Gasteiger partial charge in [-0.05, 0) is 19.3 Å². The Labute approximate surface area is 132 Å². The zero-order valence-electron chi connectivity index (χ0n) is 14.1. The molecule has 1 amide bonds. The smallest absolute Gasteiger partial charge is 0.227 e. The van der Waals surface area contributed by atoms with Crippen molar-refractivity contribution in [2.24, 2.45) is 24.6 Å². The highest BCUT2D eigenvalue weighted by Gasteiger charge is 2.38. The van der Waals surface area contributed by atoms with Crippen LogP contribution in [-0.4, -0.2) is 46.8 Å². The van der Waals surface area contributed by atoms with Gasteiger partial charge in [0.15, 0.2) is 0 Å². The van der Waals surface area contributed by atoms with Crippen molar-refractivity contribution in [2.45, 2.75) is 32.8 Å². The van der Waals surface area contributed by atoms with Gasteiger partial charge in [0.1, 0.15) is 5.60 Å². The number of nitrogens with zero attached hydrogens (tertiary/aromatic N) is 3. The number of morpholine rings is 1. The number of aromatic nitrogens is 2. The van der Waals surface area contributed by atoms with Gasteiger partial charge in [-0.3, -0.25) is 9.48 Å². The number of carbonyl (C=O) groups is 1. The zero-order valence-corrected chi connectivity index (χ0v) is 14.1. The molecule has 1 aromatic heterocycles. The number of carbonyl (C=O) groups excluding carboxylic acids is 1. The lowest BCUT2D eigenvalue weighted by Crippen LogP contribution is -2.52. The molecule has 0 radical (unpaired) electrons. The second-order valence-corrected chi connectivity index (χ2v) is 6.80. The van der Waals surface area contributed by atoms with E-state index in [4.69, 9.17) is 10.5 Å². The Bertz CT molecular complexity index is 514. The van der Waals surface area contributed by atoms with Gasteiger partial charge in [-0.2, -0.15) is 5.10 Å². The molecule has 0 unspecified atom stereocenters. The summed E-state index contributed by atoms with van der Waals surface area (Å²) >= 11 is 0. The van der Waals surface area contributed by atoms with E-state index in [-0.39, 0.29) is 11.8 Å². The molecule has 1 aliphatic rings. The van der Waals surface area contributed by atoms with Crippen molar-refractivity contribution in [1.29, 1.82) is 0 Å². The van der Waals surface area contributed by atoms with Gasteiger partial charge in [-0.1, -0.05) is 13.8 Å². The van der Waals surface area contributed by atoms with Crippen LogP contribution in [0.1, 0.15) is 32.8 Å². The van der Waals surface area contributed by atoms with Crippen LogP contribution in [0.5, 0.6) is 0 Å². The van der Waals surface area contributed by atoms with E-state index in [9.17, 15) is 4.79 Å². The Kier molecular flexibility index (Phi) is 5.24. The van der Waals surface area contributed by atoms with Gasteiger partial charge in [0.05, 0.1) is 25.3 Å². The molecule has 0 aliphatic carbocycles. The summed E-state index contributed by atoms with van der Waals surface area (Å²) in [5, 5.41) is 4.21. The molecule has 1 fully saturated rings. The summed E-state index contributed by atoms with van der Waals surface area (Å²) < 4.78 is 7.72. The van der Waals surface area contributed by atoms with Crippen molar-refractivity contribution < 1.29 is 9.53 Å². The van der Waals surface area contributed by atoms with E-state index >= 15 is 0 Å². The number of aryl methyl sites for hydroxylation is 1. The van der Waals surface area contributed by atoms with E-state index in [0.717, 1.165) is 12.0 Å². The number of hydrogen-bond donors (Lipinski definition) is 1. The molecule has 2 rings (SSSR count). The van der Waals surface area contributed by atoms with Crippen LogP contribution in [0.25, 0.3) is 0 Å². The lowest BCUT2D eigenvalue weighted by Gasteiger charge is -2.41. The Balaban J connectivity index is 2.11. The van der Waals surface area contributed by atoms with Crippen LogP contribution in [0.15, 0.2) is 12.4 Å². The van der Waals surface area contributed by atoms with Crippen LogP contribution in [0, 0.1) is 11.8 Å². The molecular weight excluding hydrogens is 280 g/mol. The van der Waals surface area contributed by atoms with Gasteiger partial charge in [0, 0.05) is 31.9 Å². The summed E-state index contributed by atoms with van der Waals surface area (Å²) in [5.41, 5.74) is 6.32. The maximum Gasteiger partial charge on any atom is 0.227 e. The van der Waals surface area contributed by atoms with E-state index in [1.165, 1.54) is 0 Å². The van der Waals surface area contributed by atoms with E-state index in [2.05, 4.69) is 18.9 Å². The minimum absolute atomic E-state index is 0.101. The summed E-state index contributed by atoms with van der Waals surface area (Å²) in [4.78, 5) is 14.7. The lowest BCUT2D eigenvalue weighted by atomic mass is 9.93. The van der Waals surface area contributed by atoms with Crippen LogP contribution in [-0.2, 0) is 22.2 Å². The molecule has 2 atom stereocenters. The SMILES string of the molecule is CC(C)C[C@@H](CN)C(=O)N1CCO[C@](C)(c2cnn(C)c2)C1. The lowest BCUT2D eigenvalue weighted by molar-refractivity contribution is -0.153. The summed E-state index contributed by atoms with van der Waals surface area (Å²) in [6.45, 7) is 8.37. The van der Waals surface area contributed by atoms with Crippen molar-refractivity contribution in [3.63, 3.8) is 0 Å². The van der Waals surface area contributed by atoms with Crippen LogP contribution in [0.3, 0.4) is 0 Å². The highest BCUT2D eigenvalue weighted by atomic mass is 16.5. The summed E-state index contributed by atoms with van der Waals surface area (Å²) in [7, 11) is 1.88. The average Bonchev–Trinajstić information content (AvgIpc) is 2.91. The second-order valence-electron chi connectivity index (χ2n) is 6.80. The predicted molar refractivity (Wildman–Crippen MR) is 85.1 cm³/mol. The Morgan fingerprint density at radius 3 is 2.82 bits per heavy atom. The van der Waals surface area contributed by atoms with Gasteiger partial charge < -0.3 is 15.4 Å². The largest absolute Gasteiger partial charge is 0.367 e. The third kappa shape index (κ3) is 3.67. The topological polar surface area (TPSA) is 73.4 Å². The van der Waals surface area contributed by atoms with Crippen molar-refractivity contribution in [3.8, 4) is 0 Å². The molecule has 22 heavy (non-hydrogen) atoms. The normalized spacial score (nSPS) is 23.8. The highest BCUT2D eigenvalue weighted by molar-refractivity contribution is 5.79. The minimum atomic E-state index is -0.501. The summed E-state index contributed by atoms with van der Waals surface area (Å²) in [6.07, 6.45) is 4.58. The minimum Gasteiger partial charge on any atom is -0.367 e. The fourth-order valence-electron chi connectivity index (χ4n) is 3.05. The first-order valence-corrected chi connectivity index (χ1v) is 7.97. The van der Waals surface area contributed by atoms with E-state index < -0.39 is 5.60 Å². The van der Waals surface area contributed by atoms with Gasteiger partial charge in [0.25, 0.3) is 0 Å². The van der Waals surface area contributed by atoms with Crippen molar-refractivity contribution in [3.05, 3.63) is 18.0 Å². The highest BCUT2D eigenvalue weighted by Crippen LogP contribution is 2.30. The van der Waals surface area contributed by atoms with Crippen LogP contribution >= 0.6 is 0 Å². The Hall–Kier alpha value is -1.40. The quantitative estimate of drug-likeness (QED) is 0.884. The monoisotopic (exact) mass is 308 g/mol. The van der Waals surface area contributed by atoms with Crippen LogP contribution in [0.2, 0.25) is 0 Å². The number of nitrogens with two attached hydrogens (primary N) is 1. The van der Waals surface area contributed by atoms with Crippen LogP contribution < -0.4 is 5.73 Å². The molecule has 0 spiro atoms. The van der Waals surface area contributed by atoms with Crippen molar-refractivity contribution in [1.82, 2.24) is 14.7 Å². The second kappa shape index (κ2) is 6.79. The number of amides is 1. The molecule has 0 saturated carbocycles. The fourth-order valence-corrected chi connectivity index (χ4v) is 3.05. The molecule has 1 aliphatic heterocycles. The first-order chi connectivity index (χ1) is 10.4. The molecule has 0 bridgehead atoms. The molecule has 124 valence electrons. The molecule has 1 aromatic rings.